The van der Waals surface area contributed by atoms with Gasteiger partial charge in [-0.25, -0.2) is 9.13 Å². The number of imidazole rings is 1. The Labute approximate surface area is 141 Å². The number of ether oxygens (including phenoxy) is 2. The quantitative estimate of drug-likeness (QED) is 0.339. The summed E-state index contributed by atoms with van der Waals surface area (Å²) < 4.78 is 29.0. The molecule has 0 aliphatic carbocycles. The van der Waals surface area contributed by atoms with Gasteiger partial charge in [0.2, 0.25) is 11.7 Å². The maximum absolute atomic E-state index is 10.8. The molecular weight excluding hydrogens is 359 g/mol. The zero-order valence-electron chi connectivity index (χ0n) is 13.3. The first-order valence-electron chi connectivity index (χ1n) is 7.19. The average molecular weight is 377 g/mol. The molecule has 0 aromatic carbocycles. The Morgan fingerprint density at radius 1 is 1.36 bits per heavy atom. The van der Waals surface area contributed by atoms with Gasteiger partial charge in [0.25, 0.3) is 5.88 Å². The first-order chi connectivity index (χ1) is 11.7. The van der Waals surface area contributed by atoms with Gasteiger partial charge >= 0.3 is 13.5 Å². The zero-order valence-corrected chi connectivity index (χ0v) is 14.2. The molecule has 138 valence electrons. The maximum Gasteiger partial charge on any atom is 0.469 e. The molecule has 2 aromatic rings. The summed E-state index contributed by atoms with van der Waals surface area (Å²) in [7, 11) is -1.55. The van der Waals surface area contributed by atoms with Gasteiger partial charge in [-0.15, -0.1) is 0 Å². The smallest absolute Gasteiger partial charge is 0.469 e. The molecule has 3 heterocycles. The van der Waals surface area contributed by atoms with Crippen molar-refractivity contribution in [2.75, 3.05) is 13.7 Å². The minimum Gasteiger partial charge on any atom is -0.478 e. The molecule has 0 saturated carbocycles. The van der Waals surface area contributed by atoms with Crippen LogP contribution < -0.4 is 9.30 Å². The third kappa shape index (κ3) is 3.37. The third-order valence-electron chi connectivity index (χ3n) is 3.88. The predicted molar refractivity (Wildman–Crippen MR) is 79.2 cm³/mol. The van der Waals surface area contributed by atoms with Crippen LogP contribution in [0.4, 0.5) is 0 Å². The van der Waals surface area contributed by atoms with Crippen LogP contribution in [0.5, 0.6) is 5.88 Å². The van der Waals surface area contributed by atoms with Crippen LogP contribution in [0.3, 0.4) is 0 Å². The Hall–Kier alpha value is -1.66. The van der Waals surface area contributed by atoms with Crippen LogP contribution in [-0.4, -0.2) is 66.6 Å². The molecule has 1 aliphatic rings. The fourth-order valence-corrected chi connectivity index (χ4v) is 3.09. The lowest BCUT2D eigenvalue weighted by molar-refractivity contribution is -0.745. The number of hydrogen-bond acceptors (Lipinski definition) is 8. The molecule has 1 saturated heterocycles. The van der Waals surface area contributed by atoms with E-state index in [0.717, 1.165) is 0 Å². The normalized spacial score (nSPS) is 27.1. The van der Waals surface area contributed by atoms with E-state index in [1.807, 2.05) is 0 Å². The van der Waals surface area contributed by atoms with E-state index < -0.39 is 39.0 Å². The van der Waals surface area contributed by atoms with Crippen LogP contribution in [0, 0.1) is 0 Å². The Balaban J connectivity index is 1.92. The topological polar surface area (TPSA) is 160 Å². The number of fused-ring (bicyclic) bond motifs is 1. The molecule has 13 heteroatoms. The Bertz CT molecular complexity index is 823. The second kappa shape index (κ2) is 6.57. The van der Waals surface area contributed by atoms with E-state index >= 15 is 0 Å². The molecule has 1 aliphatic heterocycles. The summed E-state index contributed by atoms with van der Waals surface area (Å²) in [5, 5.41) is 20.4. The SMILES string of the molecule is COc1ncnc2c1n(C)c[n+]2C1OC(COP(=O)(O)O)C(O)C1O. The standard InChI is InChI=1S/C12H17N4O8P/c1-15-5-16(10-7(15)11(22-2)14-4-13-10)12-9(18)8(17)6(24-12)3-23-25(19,20)21/h4-6,8-9,12,17-18H,3H2,1-2H3,(H-,19,20,21)/p+1. The highest BCUT2D eigenvalue weighted by atomic mass is 31.2. The molecule has 4 unspecified atom stereocenters. The van der Waals surface area contributed by atoms with Gasteiger partial charge in [0.15, 0.2) is 12.7 Å². The largest absolute Gasteiger partial charge is 0.478 e. The third-order valence-corrected chi connectivity index (χ3v) is 4.36. The van der Waals surface area contributed by atoms with Gasteiger partial charge in [-0.3, -0.25) is 9.09 Å². The summed E-state index contributed by atoms with van der Waals surface area (Å²) >= 11 is 0. The van der Waals surface area contributed by atoms with Crippen molar-refractivity contribution in [3.8, 4) is 5.88 Å². The molecule has 0 bridgehead atoms. The summed E-state index contributed by atoms with van der Waals surface area (Å²) in [6, 6.07) is 0. The number of aliphatic hydroxyl groups is 2. The fourth-order valence-electron chi connectivity index (χ4n) is 2.75. The van der Waals surface area contributed by atoms with Crippen molar-refractivity contribution >= 4 is 19.0 Å². The summed E-state index contributed by atoms with van der Waals surface area (Å²) in [6.07, 6.45) is -2.06. The first kappa shape index (κ1) is 18.1. The van der Waals surface area contributed by atoms with E-state index in [1.54, 1.807) is 17.9 Å². The first-order valence-corrected chi connectivity index (χ1v) is 8.73. The van der Waals surface area contributed by atoms with Gasteiger partial charge < -0.3 is 29.5 Å². The van der Waals surface area contributed by atoms with Gasteiger partial charge in [-0.1, -0.05) is 4.98 Å². The van der Waals surface area contributed by atoms with Crippen LogP contribution in [0.15, 0.2) is 12.7 Å². The van der Waals surface area contributed by atoms with E-state index in [9.17, 15) is 14.8 Å². The predicted octanol–water partition coefficient (Wildman–Crippen LogP) is -2.01. The minimum atomic E-state index is -4.72. The molecule has 25 heavy (non-hydrogen) atoms. The number of phosphoric ester groups is 1. The summed E-state index contributed by atoms with van der Waals surface area (Å²) in [5.41, 5.74) is 0.937. The van der Waals surface area contributed by atoms with Gasteiger partial charge in [0.05, 0.1) is 20.8 Å². The van der Waals surface area contributed by atoms with E-state index in [0.29, 0.717) is 17.0 Å². The van der Waals surface area contributed by atoms with Gasteiger partial charge in [-0.2, -0.15) is 4.98 Å². The second-order valence-electron chi connectivity index (χ2n) is 5.52. The van der Waals surface area contributed by atoms with Crippen molar-refractivity contribution in [1.82, 2.24) is 14.5 Å². The van der Waals surface area contributed by atoms with E-state index in [-0.39, 0.29) is 0 Å². The van der Waals surface area contributed by atoms with Gasteiger partial charge in [0.1, 0.15) is 18.3 Å². The molecule has 0 amide bonds. The fraction of sp³-hybridized carbons (Fsp3) is 0.583. The van der Waals surface area contributed by atoms with Gasteiger partial charge in [-0.05, 0) is 0 Å². The second-order valence-corrected chi connectivity index (χ2v) is 6.76. The van der Waals surface area contributed by atoms with Crippen molar-refractivity contribution in [3.63, 3.8) is 0 Å². The Morgan fingerprint density at radius 3 is 2.72 bits per heavy atom. The van der Waals surface area contributed by atoms with E-state index in [1.165, 1.54) is 18.0 Å². The van der Waals surface area contributed by atoms with Crippen molar-refractivity contribution < 1.29 is 43.1 Å². The number of aliphatic hydroxyl groups excluding tert-OH is 2. The van der Waals surface area contributed by atoms with Crippen LogP contribution in [-0.2, 0) is 20.9 Å². The molecular formula is C12H18N4O8P+. The highest BCUT2D eigenvalue weighted by Crippen LogP contribution is 2.37. The molecule has 4 atom stereocenters. The van der Waals surface area contributed by atoms with Crippen molar-refractivity contribution in [2.45, 2.75) is 24.5 Å². The van der Waals surface area contributed by atoms with E-state index in [2.05, 4.69) is 14.5 Å². The summed E-state index contributed by atoms with van der Waals surface area (Å²) in [4.78, 5) is 25.7. The number of rotatable bonds is 5. The van der Waals surface area contributed by atoms with Crippen LogP contribution in [0.2, 0.25) is 0 Å². The van der Waals surface area contributed by atoms with Crippen molar-refractivity contribution in [3.05, 3.63) is 12.7 Å². The highest BCUT2D eigenvalue weighted by molar-refractivity contribution is 7.46. The molecule has 0 radical (unpaired) electrons. The highest BCUT2D eigenvalue weighted by Gasteiger charge is 2.47. The lowest BCUT2D eigenvalue weighted by atomic mass is 10.1. The average Bonchev–Trinajstić information content (AvgIpc) is 3.03. The summed E-state index contributed by atoms with van der Waals surface area (Å²) in [6.45, 7) is -0.581. The number of aryl methyl sites for hydroxylation is 1. The number of hydrogen-bond donors (Lipinski definition) is 4. The number of aromatic nitrogens is 4. The van der Waals surface area contributed by atoms with Crippen molar-refractivity contribution in [1.29, 1.82) is 0 Å². The Morgan fingerprint density at radius 2 is 2.08 bits per heavy atom. The number of phosphoric acid groups is 1. The lowest BCUT2D eigenvalue weighted by Gasteiger charge is -2.14. The molecule has 2 aromatic heterocycles. The molecule has 12 nitrogen and oxygen atoms in total. The number of methoxy groups -OCH3 is 1. The number of nitrogens with zero attached hydrogens (tertiary/aromatic N) is 4. The Kier molecular flexibility index (Phi) is 4.77. The van der Waals surface area contributed by atoms with E-state index in [4.69, 9.17) is 19.3 Å². The lowest BCUT2D eigenvalue weighted by Crippen LogP contribution is -2.45. The molecule has 4 N–H and O–H groups in total. The molecule has 1 fully saturated rings. The monoisotopic (exact) mass is 377 g/mol. The molecule has 3 rings (SSSR count). The zero-order chi connectivity index (χ0) is 18.4. The summed E-state index contributed by atoms with van der Waals surface area (Å²) in [5.74, 6) is 0.320. The van der Waals surface area contributed by atoms with Crippen LogP contribution >= 0.6 is 7.82 Å². The molecule has 0 spiro atoms. The van der Waals surface area contributed by atoms with Gasteiger partial charge in [0, 0.05) is 0 Å². The van der Waals surface area contributed by atoms with Crippen molar-refractivity contribution in [2.24, 2.45) is 7.05 Å². The maximum atomic E-state index is 10.8. The minimum absolute atomic E-state index is 0.320. The van der Waals surface area contributed by atoms with Crippen LogP contribution in [0.1, 0.15) is 6.23 Å². The van der Waals surface area contributed by atoms with Crippen LogP contribution in [0.25, 0.3) is 11.2 Å².